The molecule has 0 unspecified atom stereocenters. The molecule has 7 nitrogen and oxygen atoms in total. The Bertz CT molecular complexity index is 863. The van der Waals surface area contributed by atoms with Crippen molar-refractivity contribution in [2.24, 2.45) is 0 Å². The van der Waals surface area contributed by atoms with Gasteiger partial charge in [-0.15, -0.1) is 0 Å². The van der Waals surface area contributed by atoms with Crippen LogP contribution in [0.1, 0.15) is 5.89 Å². The number of amides is 2. The molecule has 0 fully saturated rings. The normalized spacial score (nSPS) is 10.4. The maximum Gasteiger partial charge on any atom is 0.319 e. The SMILES string of the molecule is COc1ccc(-c2noc(CCNC(=O)Nc3ccc(Cl)cc3)n2)cc1. The van der Waals surface area contributed by atoms with E-state index < -0.39 is 0 Å². The second kappa shape index (κ2) is 8.35. The summed E-state index contributed by atoms with van der Waals surface area (Å²) in [7, 11) is 1.61. The summed E-state index contributed by atoms with van der Waals surface area (Å²) in [5, 5.41) is 10.0. The largest absolute Gasteiger partial charge is 0.497 e. The molecule has 0 bridgehead atoms. The quantitative estimate of drug-likeness (QED) is 0.687. The van der Waals surface area contributed by atoms with Gasteiger partial charge in [0, 0.05) is 29.2 Å². The van der Waals surface area contributed by atoms with Crippen LogP contribution >= 0.6 is 11.6 Å². The van der Waals surface area contributed by atoms with Crippen LogP contribution in [0.15, 0.2) is 53.1 Å². The maximum absolute atomic E-state index is 11.8. The fourth-order valence-electron chi connectivity index (χ4n) is 2.21. The number of methoxy groups -OCH3 is 1. The molecule has 2 N–H and O–H groups in total. The molecule has 3 rings (SSSR count). The van der Waals surface area contributed by atoms with Crippen LogP contribution in [0, 0.1) is 0 Å². The number of benzene rings is 2. The van der Waals surface area contributed by atoms with Crippen molar-refractivity contribution in [3.8, 4) is 17.1 Å². The molecule has 0 saturated carbocycles. The molecule has 26 heavy (non-hydrogen) atoms. The number of rotatable bonds is 6. The van der Waals surface area contributed by atoms with Crippen molar-refractivity contribution in [2.75, 3.05) is 19.0 Å². The van der Waals surface area contributed by atoms with Gasteiger partial charge in [-0.25, -0.2) is 4.79 Å². The van der Waals surface area contributed by atoms with Gasteiger partial charge in [-0.2, -0.15) is 4.98 Å². The predicted octanol–water partition coefficient (Wildman–Crippen LogP) is 3.76. The first-order chi connectivity index (χ1) is 12.6. The topological polar surface area (TPSA) is 89.3 Å². The molecule has 2 amide bonds. The zero-order chi connectivity index (χ0) is 18.4. The summed E-state index contributed by atoms with van der Waals surface area (Å²) in [4.78, 5) is 16.2. The summed E-state index contributed by atoms with van der Waals surface area (Å²) in [6.45, 7) is 0.365. The van der Waals surface area contributed by atoms with Crippen LogP contribution in [0.2, 0.25) is 5.02 Å². The maximum atomic E-state index is 11.8. The molecule has 0 radical (unpaired) electrons. The van der Waals surface area contributed by atoms with Crippen molar-refractivity contribution in [3.05, 3.63) is 59.4 Å². The summed E-state index contributed by atoms with van der Waals surface area (Å²) >= 11 is 5.80. The van der Waals surface area contributed by atoms with Gasteiger partial charge in [-0.3, -0.25) is 0 Å². The molecule has 0 spiro atoms. The van der Waals surface area contributed by atoms with Gasteiger partial charge in [-0.05, 0) is 48.5 Å². The second-order valence-corrected chi connectivity index (χ2v) is 5.81. The van der Waals surface area contributed by atoms with E-state index in [4.69, 9.17) is 20.9 Å². The Labute approximate surface area is 155 Å². The Morgan fingerprint density at radius 2 is 1.88 bits per heavy atom. The van der Waals surface area contributed by atoms with Crippen LogP contribution in [0.25, 0.3) is 11.4 Å². The number of carbonyl (C=O) groups excluding carboxylic acids is 1. The summed E-state index contributed by atoms with van der Waals surface area (Å²) in [5.74, 6) is 1.70. The first-order valence-electron chi connectivity index (χ1n) is 7.91. The lowest BCUT2D eigenvalue weighted by molar-refractivity contribution is 0.252. The molecule has 1 heterocycles. The number of ether oxygens (including phenoxy) is 1. The Balaban J connectivity index is 1.48. The van der Waals surface area contributed by atoms with Gasteiger partial charge in [0.25, 0.3) is 0 Å². The minimum absolute atomic E-state index is 0.317. The minimum atomic E-state index is -0.317. The number of hydrogen-bond acceptors (Lipinski definition) is 5. The van der Waals surface area contributed by atoms with E-state index in [0.717, 1.165) is 11.3 Å². The molecule has 0 aliphatic carbocycles. The van der Waals surface area contributed by atoms with Crippen molar-refractivity contribution < 1.29 is 14.1 Å². The van der Waals surface area contributed by atoms with Crippen LogP contribution in [0.3, 0.4) is 0 Å². The highest BCUT2D eigenvalue weighted by Crippen LogP contribution is 2.19. The van der Waals surface area contributed by atoms with Gasteiger partial charge in [0.05, 0.1) is 7.11 Å². The summed E-state index contributed by atoms with van der Waals surface area (Å²) in [5.41, 5.74) is 1.49. The monoisotopic (exact) mass is 372 g/mol. The van der Waals surface area contributed by atoms with E-state index in [2.05, 4.69) is 20.8 Å². The number of nitrogens with zero attached hydrogens (tertiary/aromatic N) is 2. The number of carbonyl (C=O) groups is 1. The average Bonchev–Trinajstić information content (AvgIpc) is 3.12. The van der Waals surface area contributed by atoms with Gasteiger partial charge in [0.1, 0.15) is 5.75 Å². The van der Waals surface area contributed by atoms with Crippen LogP contribution in [0.4, 0.5) is 10.5 Å². The fraction of sp³-hybridized carbons (Fsp3) is 0.167. The third-order valence-electron chi connectivity index (χ3n) is 3.54. The number of nitrogens with one attached hydrogen (secondary N) is 2. The minimum Gasteiger partial charge on any atom is -0.497 e. The number of aromatic nitrogens is 2. The lowest BCUT2D eigenvalue weighted by Crippen LogP contribution is -2.30. The van der Waals surface area contributed by atoms with E-state index in [1.165, 1.54) is 0 Å². The number of urea groups is 1. The van der Waals surface area contributed by atoms with Crippen LogP contribution in [0.5, 0.6) is 5.75 Å². The Morgan fingerprint density at radius 1 is 1.15 bits per heavy atom. The van der Waals surface area contributed by atoms with Gasteiger partial charge in [-0.1, -0.05) is 16.8 Å². The Hall–Kier alpha value is -3.06. The van der Waals surface area contributed by atoms with Crippen molar-refractivity contribution in [1.82, 2.24) is 15.5 Å². The number of hydrogen-bond donors (Lipinski definition) is 2. The molecule has 0 aliphatic rings. The first-order valence-corrected chi connectivity index (χ1v) is 8.29. The average molecular weight is 373 g/mol. The fourth-order valence-corrected chi connectivity index (χ4v) is 2.33. The van der Waals surface area contributed by atoms with Gasteiger partial charge >= 0.3 is 6.03 Å². The van der Waals surface area contributed by atoms with Crippen molar-refractivity contribution in [1.29, 1.82) is 0 Å². The summed E-state index contributed by atoms with van der Waals surface area (Å²) in [6, 6.07) is 13.9. The van der Waals surface area contributed by atoms with E-state index in [1.54, 1.807) is 31.4 Å². The third-order valence-corrected chi connectivity index (χ3v) is 3.79. The highest BCUT2D eigenvalue weighted by molar-refractivity contribution is 6.30. The highest BCUT2D eigenvalue weighted by Gasteiger charge is 2.09. The Kier molecular flexibility index (Phi) is 5.70. The van der Waals surface area contributed by atoms with Crippen LogP contribution in [-0.4, -0.2) is 29.8 Å². The standard InChI is InChI=1S/C18H17ClN4O3/c1-25-15-8-2-12(3-9-15)17-22-16(26-23-17)10-11-20-18(24)21-14-6-4-13(19)5-7-14/h2-9H,10-11H2,1H3,(H2,20,21,24). The van der Waals surface area contributed by atoms with Gasteiger partial charge < -0.3 is 19.9 Å². The molecular weight excluding hydrogens is 356 g/mol. The zero-order valence-electron chi connectivity index (χ0n) is 14.0. The van der Waals surface area contributed by atoms with Crippen LogP contribution < -0.4 is 15.4 Å². The molecule has 0 aliphatic heterocycles. The van der Waals surface area contributed by atoms with E-state index in [9.17, 15) is 4.79 Å². The van der Waals surface area contributed by atoms with Crippen molar-refractivity contribution in [2.45, 2.75) is 6.42 Å². The molecule has 8 heteroatoms. The smallest absolute Gasteiger partial charge is 0.319 e. The molecule has 1 aromatic heterocycles. The van der Waals surface area contributed by atoms with E-state index in [1.807, 2.05) is 24.3 Å². The lowest BCUT2D eigenvalue weighted by atomic mass is 10.2. The molecule has 2 aromatic carbocycles. The number of halogens is 1. The van der Waals surface area contributed by atoms with E-state index in [-0.39, 0.29) is 6.03 Å². The van der Waals surface area contributed by atoms with Gasteiger partial charge in [0.15, 0.2) is 0 Å². The lowest BCUT2D eigenvalue weighted by Gasteiger charge is -2.06. The highest BCUT2D eigenvalue weighted by atomic mass is 35.5. The molecule has 0 atom stereocenters. The second-order valence-electron chi connectivity index (χ2n) is 5.38. The van der Waals surface area contributed by atoms with E-state index in [0.29, 0.717) is 35.4 Å². The van der Waals surface area contributed by atoms with Crippen molar-refractivity contribution >= 4 is 23.3 Å². The van der Waals surface area contributed by atoms with Crippen molar-refractivity contribution in [3.63, 3.8) is 0 Å². The zero-order valence-corrected chi connectivity index (χ0v) is 14.8. The Morgan fingerprint density at radius 3 is 2.58 bits per heavy atom. The summed E-state index contributed by atoms with van der Waals surface area (Å²) < 4.78 is 10.3. The van der Waals surface area contributed by atoms with Gasteiger partial charge in [0.2, 0.25) is 11.7 Å². The first kappa shape index (κ1) is 17.8. The molecular formula is C18H17ClN4O3. The predicted molar refractivity (Wildman–Crippen MR) is 98.5 cm³/mol. The number of anilines is 1. The van der Waals surface area contributed by atoms with Crippen LogP contribution in [-0.2, 0) is 6.42 Å². The van der Waals surface area contributed by atoms with E-state index >= 15 is 0 Å². The third kappa shape index (κ3) is 4.73. The molecule has 0 saturated heterocycles. The molecule has 134 valence electrons. The summed E-state index contributed by atoms with van der Waals surface area (Å²) in [6.07, 6.45) is 0.428. The molecule has 3 aromatic rings.